The van der Waals surface area contributed by atoms with Crippen LogP contribution >= 0.6 is 0 Å². The number of hydrogen-bond donors (Lipinski definition) is 2. The zero-order valence-electron chi connectivity index (χ0n) is 63.7. The van der Waals surface area contributed by atoms with Gasteiger partial charge in [0.05, 0.1) is 71.3 Å². The van der Waals surface area contributed by atoms with Crippen LogP contribution in [0.5, 0.6) is 34.5 Å². The topological polar surface area (TPSA) is 143 Å². The maximum atomic E-state index is 15.3. The van der Waals surface area contributed by atoms with Gasteiger partial charge in [-0.1, -0.05) is 72.8 Å². The van der Waals surface area contributed by atoms with Crippen molar-refractivity contribution < 1.29 is 120 Å². The first-order chi connectivity index (χ1) is 52.2. The minimum atomic E-state index is -4.91. The van der Waals surface area contributed by atoms with Gasteiger partial charge in [-0.2, -0.15) is 57.1 Å². The quantitative estimate of drug-likeness (QED) is 0.0332. The third kappa shape index (κ3) is 26.2. The summed E-state index contributed by atoms with van der Waals surface area (Å²) in [5.74, 6) is -8.49. The highest BCUT2D eigenvalue weighted by Crippen LogP contribution is 2.44. The number of alkyl halides is 12. The van der Waals surface area contributed by atoms with E-state index in [4.69, 9.17) is 14.2 Å². The summed E-state index contributed by atoms with van der Waals surface area (Å²) in [6, 6.07) is 35.9. The van der Waals surface area contributed by atoms with Crippen molar-refractivity contribution in [3.8, 4) is 34.5 Å². The van der Waals surface area contributed by atoms with E-state index in [-0.39, 0.29) is 81.4 Å². The molecule has 0 radical (unpaired) electrons. The predicted octanol–water partition coefficient (Wildman–Crippen LogP) is 21.3. The molecule has 8 aromatic carbocycles. The smallest absolute Gasteiger partial charge is 0.461 e. The zero-order valence-corrected chi connectivity index (χ0v) is 66.1. The third-order valence-corrected chi connectivity index (χ3v) is 20.2. The molecule has 33 heteroatoms. The molecule has 2 N–H and O–H groups in total. The molecular weight excluding hydrogens is 1590 g/mol. The van der Waals surface area contributed by atoms with E-state index in [0.717, 1.165) is 54.6 Å². The molecule has 8 aromatic rings. The summed E-state index contributed by atoms with van der Waals surface area (Å²) in [5, 5.41) is 0. The molecule has 0 fully saturated rings. The van der Waals surface area contributed by atoms with E-state index in [9.17, 15) is 82.9 Å². The lowest BCUT2D eigenvalue weighted by Crippen LogP contribution is -2.50. The largest absolute Gasteiger partial charge is 0.488 e. The maximum Gasteiger partial charge on any atom is 0.461 e. The molecule has 0 saturated carbocycles. The number of hydrogen-bond acceptors (Lipinski definition) is 9. The average molecular weight is 1670 g/mol. The van der Waals surface area contributed by atoms with Crippen molar-refractivity contribution in [1.82, 2.24) is 9.44 Å². The highest BCUT2D eigenvalue weighted by atomic mass is 32.2. The van der Waals surface area contributed by atoms with Crippen LogP contribution in [-0.4, -0.2) is 88.5 Å². The van der Waals surface area contributed by atoms with Crippen molar-refractivity contribution in [1.29, 1.82) is 0 Å². The summed E-state index contributed by atoms with van der Waals surface area (Å²) in [4.78, 5) is 0. The first kappa shape index (κ1) is 93.2. The molecule has 12 nitrogen and oxygen atoms in total. The van der Waals surface area contributed by atoms with Crippen molar-refractivity contribution in [3.63, 3.8) is 0 Å². The fourth-order valence-electron chi connectivity index (χ4n) is 10.3. The van der Waals surface area contributed by atoms with E-state index >= 15 is 8.78 Å². The van der Waals surface area contributed by atoms with Gasteiger partial charge in [-0.25, -0.2) is 48.4 Å². The van der Waals surface area contributed by atoms with Gasteiger partial charge >= 0.3 is 37.6 Å². The van der Waals surface area contributed by atoms with Gasteiger partial charge in [-0.05, 0) is 229 Å². The second-order valence-electron chi connectivity index (χ2n) is 29.3. The highest BCUT2D eigenvalue weighted by molar-refractivity contribution is 7.85. The monoisotopic (exact) mass is 1670 g/mol. The minimum absolute atomic E-state index is 0.0619. The van der Waals surface area contributed by atoms with E-state index < -0.39 is 154 Å². The van der Waals surface area contributed by atoms with E-state index in [1.54, 1.807) is 165 Å². The molecule has 0 aliphatic carbocycles. The summed E-state index contributed by atoms with van der Waals surface area (Å²) in [6.45, 7) is 25.1. The van der Waals surface area contributed by atoms with Crippen molar-refractivity contribution in [3.05, 3.63) is 249 Å². The summed E-state index contributed by atoms with van der Waals surface area (Å²) < 4.78 is 324. The highest BCUT2D eigenvalue weighted by Gasteiger charge is 2.48. The molecule has 113 heavy (non-hydrogen) atoms. The van der Waals surface area contributed by atoms with Crippen molar-refractivity contribution in [2.75, 3.05) is 0 Å². The molecule has 0 spiro atoms. The van der Waals surface area contributed by atoms with Crippen LogP contribution in [0.3, 0.4) is 0 Å². The van der Waals surface area contributed by atoms with Gasteiger partial charge in [0.15, 0.2) is 34.7 Å². The Kier molecular flexibility index (Phi) is 31.5. The summed E-state index contributed by atoms with van der Waals surface area (Å²) in [5.41, 5.74) is -2.30. The SMILES string of the molecule is CC(C)Oc1cc(C(=N[S@](=O)C(C)(C)C)c2cc(F)cc(OC(F)(F)C(F)F)c2)ccc1F.CC(C)Oc1ccc([C@@](Cc2ccccc2)(N[S@](=O)C(C)(C)C)c2cc(F)cc(OC(F)(F)C(F)F)c2)cc1F.CC(C)Oc1ccc([C@](Cc2ccccc2)(N[S@](=O)C(C)(C)C)c2cc(F)cc(OC(F)(F)C(F)F)c2)cc1F. The van der Waals surface area contributed by atoms with Crippen LogP contribution < -0.4 is 37.9 Å². The Labute approximate surface area is 651 Å². The predicted molar refractivity (Wildman–Crippen MR) is 398 cm³/mol. The Morgan fingerprint density at radius 3 is 1.04 bits per heavy atom. The van der Waals surface area contributed by atoms with E-state index in [2.05, 4.69) is 28.1 Å². The van der Waals surface area contributed by atoms with Gasteiger partial charge in [-0.3, -0.25) is 0 Å². The number of halogens is 18. The van der Waals surface area contributed by atoms with Crippen LogP contribution in [0.15, 0.2) is 174 Å². The lowest BCUT2D eigenvalue weighted by atomic mass is 9.78. The fourth-order valence-corrected chi connectivity index (χ4v) is 12.8. The lowest BCUT2D eigenvalue weighted by molar-refractivity contribution is -0.253. The zero-order chi connectivity index (χ0) is 84.9. The number of nitrogens with one attached hydrogen (secondary N) is 2. The number of benzene rings is 8. The van der Waals surface area contributed by atoms with Gasteiger partial charge in [0.25, 0.3) is 0 Å². The summed E-state index contributed by atoms with van der Waals surface area (Å²) in [6.07, 6.45) is -28.4. The van der Waals surface area contributed by atoms with Crippen LogP contribution in [0.2, 0.25) is 0 Å². The first-order valence-corrected chi connectivity index (χ1v) is 37.9. The minimum Gasteiger partial charge on any atom is -0.488 e. The molecule has 0 aromatic heterocycles. The standard InChI is InChI=1S/2C29H31F6NO3S.C22H23F6NO3S/c2*1-18(2)38-25-12-11-20(15-24(25)31)28(36-40(37)27(3,4)5,17-19-9-7-6-8-10-19)21-13-22(30)16-23(14-21)39-29(34,35)26(32)33;1-12(2)31-18-10-13(6-7-17(18)24)19(29-33(30)21(3,4)5)14-8-15(23)11-16(9-14)32-22(27,28)20(25)26/h2*6-16,18,26,36H,17H2,1-5H3;6-12,20H,1-5H3/t28-,40+;28-,40-;33-/m011/s1. The van der Waals surface area contributed by atoms with Crippen LogP contribution in [-0.2, 0) is 56.9 Å². The van der Waals surface area contributed by atoms with Crippen LogP contribution in [0.1, 0.15) is 148 Å². The summed E-state index contributed by atoms with van der Waals surface area (Å²) >= 11 is 0. The molecule has 0 amide bonds. The second kappa shape index (κ2) is 38.2. The maximum absolute atomic E-state index is 15.3. The van der Waals surface area contributed by atoms with Crippen LogP contribution in [0.25, 0.3) is 0 Å². The lowest BCUT2D eigenvalue weighted by Gasteiger charge is -2.38. The number of nitrogens with zero attached hydrogens (tertiary/aromatic N) is 1. The van der Waals surface area contributed by atoms with Crippen molar-refractivity contribution >= 4 is 38.7 Å². The van der Waals surface area contributed by atoms with Gasteiger partial charge in [-0.15, -0.1) is 0 Å². The Hall–Kier alpha value is -8.66. The number of ether oxygens (including phenoxy) is 6. The third-order valence-electron chi connectivity index (χ3n) is 15.5. The molecule has 618 valence electrons. The first-order valence-electron chi connectivity index (χ1n) is 34.5. The fraction of sp³-hybridized carbons (Fsp3) is 0.388. The Morgan fingerprint density at radius 2 is 0.717 bits per heavy atom. The normalized spacial score (nSPS) is 14.5. The molecular formula is C80H85F18N3O9S3. The second-order valence-corrected chi connectivity index (χ2v) is 35.1. The Bertz CT molecular complexity index is 4420. The van der Waals surface area contributed by atoms with Crippen molar-refractivity contribution in [2.45, 2.75) is 198 Å². The molecule has 0 bridgehead atoms. The van der Waals surface area contributed by atoms with Crippen molar-refractivity contribution in [2.24, 2.45) is 4.40 Å². The molecule has 0 heterocycles. The van der Waals surface area contributed by atoms with Gasteiger partial charge in [0.2, 0.25) is 0 Å². The molecule has 5 atom stereocenters. The number of rotatable bonds is 30. The van der Waals surface area contributed by atoms with E-state index in [1.807, 2.05) is 0 Å². The van der Waals surface area contributed by atoms with Gasteiger partial charge < -0.3 is 28.4 Å². The van der Waals surface area contributed by atoms with Crippen LogP contribution in [0.4, 0.5) is 79.0 Å². The average Bonchev–Trinajstić information content (AvgIpc) is 0.756. The molecule has 8 rings (SSSR count). The van der Waals surface area contributed by atoms with Crippen LogP contribution in [0, 0.1) is 34.9 Å². The van der Waals surface area contributed by atoms with Gasteiger partial charge in [0, 0.05) is 29.3 Å². The van der Waals surface area contributed by atoms with E-state index in [0.29, 0.717) is 29.3 Å². The Morgan fingerprint density at radius 1 is 0.372 bits per heavy atom. The summed E-state index contributed by atoms with van der Waals surface area (Å²) in [7, 11) is -5.66. The molecule has 0 aliphatic rings. The molecule has 0 aliphatic heterocycles. The molecule has 0 unspecified atom stereocenters. The molecule has 0 saturated heterocycles. The van der Waals surface area contributed by atoms with E-state index in [1.165, 1.54) is 36.4 Å². The Balaban J connectivity index is 0.000000266. The van der Waals surface area contributed by atoms with Gasteiger partial charge in [0.1, 0.15) is 45.7 Å².